The Kier molecular flexibility index (Phi) is 6.61. The summed E-state index contributed by atoms with van der Waals surface area (Å²) >= 11 is 0. The van der Waals surface area contributed by atoms with Crippen LogP contribution in [0.3, 0.4) is 0 Å². The molecule has 0 aliphatic rings. The van der Waals surface area contributed by atoms with E-state index in [0.717, 1.165) is 12.2 Å². The third-order valence-corrected chi connectivity index (χ3v) is 3.58. The fourth-order valence-corrected chi connectivity index (χ4v) is 1.92. The van der Waals surface area contributed by atoms with Crippen molar-refractivity contribution in [3.8, 4) is 17.6 Å². The number of hydrogen-bond acceptors (Lipinski definition) is 4. The van der Waals surface area contributed by atoms with E-state index in [-0.39, 0.29) is 11.6 Å². The second kappa shape index (κ2) is 9.14. The third kappa shape index (κ3) is 5.70. The minimum absolute atomic E-state index is 0.0323. The number of nitrogens with one attached hydrogen (secondary N) is 2. The molecule has 0 radical (unpaired) electrons. The van der Waals surface area contributed by atoms with Gasteiger partial charge in [-0.1, -0.05) is 25.1 Å². The molecule has 0 aliphatic carbocycles. The van der Waals surface area contributed by atoms with E-state index in [9.17, 15) is 4.79 Å². The molecule has 0 spiro atoms. The highest BCUT2D eigenvalue weighted by Gasteiger charge is 2.10. The second-order valence-electron chi connectivity index (χ2n) is 5.54. The summed E-state index contributed by atoms with van der Waals surface area (Å²) in [7, 11) is 0. The molecule has 2 aromatic rings. The number of carbonyl (C=O) groups is 1. The molecule has 25 heavy (non-hydrogen) atoms. The lowest BCUT2D eigenvalue weighted by Gasteiger charge is -2.10. The van der Waals surface area contributed by atoms with Crippen molar-refractivity contribution in [2.24, 2.45) is 0 Å². The van der Waals surface area contributed by atoms with Gasteiger partial charge < -0.3 is 15.4 Å². The summed E-state index contributed by atoms with van der Waals surface area (Å²) in [6, 6.07) is 18.5. The van der Waals surface area contributed by atoms with Crippen LogP contribution in [-0.4, -0.2) is 11.9 Å². The van der Waals surface area contributed by atoms with Crippen molar-refractivity contribution >= 4 is 11.6 Å². The normalized spacial score (nSPS) is 12.0. The molecule has 2 rings (SSSR count). The van der Waals surface area contributed by atoms with Crippen LogP contribution < -0.4 is 15.4 Å². The van der Waals surface area contributed by atoms with Crippen LogP contribution in [0.1, 0.15) is 20.3 Å². The molecule has 128 valence electrons. The predicted molar refractivity (Wildman–Crippen MR) is 98.2 cm³/mol. The van der Waals surface area contributed by atoms with Gasteiger partial charge in [0.1, 0.15) is 23.1 Å². The van der Waals surface area contributed by atoms with Crippen molar-refractivity contribution in [2.45, 2.75) is 26.3 Å². The Bertz CT molecular complexity index is 762. The summed E-state index contributed by atoms with van der Waals surface area (Å²) in [6.07, 6.45) is 2.36. The molecule has 1 unspecified atom stereocenters. The van der Waals surface area contributed by atoms with Crippen molar-refractivity contribution in [3.05, 3.63) is 66.4 Å². The zero-order chi connectivity index (χ0) is 18.1. The molecule has 1 amide bonds. The van der Waals surface area contributed by atoms with Crippen molar-refractivity contribution in [2.75, 3.05) is 5.32 Å². The monoisotopic (exact) mass is 335 g/mol. The highest BCUT2D eigenvalue weighted by molar-refractivity contribution is 6.06. The average molecular weight is 335 g/mol. The largest absolute Gasteiger partial charge is 0.457 e. The minimum atomic E-state index is -0.449. The summed E-state index contributed by atoms with van der Waals surface area (Å²) in [5.41, 5.74) is 0.625. The maximum Gasteiger partial charge on any atom is 0.267 e. The lowest BCUT2D eigenvalue weighted by Crippen LogP contribution is -2.22. The van der Waals surface area contributed by atoms with Gasteiger partial charge in [-0.3, -0.25) is 4.79 Å². The molecule has 0 fully saturated rings. The lowest BCUT2D eigenvalue weighted by molar-refractivity contribution is -0.112. The van der Waals surface area contributed by atoms with Crippen LogP contribution in [0.25, 0.3) is 0 Å². The van der Waals surface area contributed by atoms with Gasteiger partial charge >= 0.3 is 0 Å². The number of nitriles is 1. The van der Waals surface area contributed by atoms with Gasteiger partial charge in [0.05, 0.1) is 0 Å². The molecule has 0 aliphatic heterocycles. The van der Waals surface area contributed by atoms with E-state index in [1.165, 1.54) is 6.20 Å². The third-order valence-electron chi connectivity index (χ3n) is 3.58. The Balaban J connectivity index is 1.98. The first-order valence-electron chi connectivity index (χ1n) is 8.13. The molecule has 5 heteroatoms. The Labute approximate surface area is 147 Å². The van der Waals surface area contributed by atoms with Crippen molar-refractivity contribution in [3.63, 3.8) is 0 Å². The summed E-state index contributed by atoms with van der Waals surface area (Å²) < 4.78 is 5.70. The number of nitrogens with zero attached hydrogens (tertiary/aromatic N) is 1. The van der Waals surface area contributed by atoms with Crippen molar-refractivity contribution in [1.82, 2.24) is 5.32 Å². The number of benzene rings is 2. The number of amides is 1. The van der Waals surface area contributed by atoms with Gasteiger partial charge in [0, 0.05) is 17.9 Å². The van der Waals surface area contributed by atoms with E-state index < -0.39 is 5.91 Å². The number of anilines is 1. The molecular formula is C20H21N3O2. The quantitative estimate of drug-likeness (QED) is 0.587. The minimum Gasteiger partial charge on any atom is -0.457 e. The maximum absolute atomic E-state index is 12.1. The molecule has 2 N–H and O–H groups in total. The zero-order valence-corrected chi connectivity index (χ0v) is 14.3. The summed E-state index contributed by atoms with van der Waals surface area (Å²) in [4.78, 5) is 12.1. The highest BCUT2D eigenvalue weighted by Crippen LogP contribution is 2.22. The van der Waals surface area contributed by atoms with Crippen LogP contribution in [-0.2, 0) is 4.79 Å². The van der Waals surface area contributed by atoms with E-state index in [2.05, 4.69) is 10.6 Å². The number of ether oxygens (including phenoxy) is 1. The van der Waals surface area contributed by atoms with E-state index in [1.54, 1.807) is 24.3 Å². The topological polar surface area (TPSA) is 74.2 Å². The second-order valence-corrected chi connectivity index (χ2v) is 5.54. The van der Waals surface area contributed by atoms with Gasteiger partial charge in [0.25, 0.3) is 5.91 Å². The van der Waals surface area contributed by atoms with Crippen molar-refractivity contribution in [1.29, 1.82) is 5.26 Å². The molecule has 0 saturated heterocycles. The summed E-state index contributed by atoms with van der Waals surface area (Å²) in [6.45, 7) is 4.01. The number of hydrogen-bond donors (Lipinski definition) is 2. The van der Waals surface area contributed by atoms with E-state index >= 15 is 0 Å². The lowest BCUT2D eigenvalue weighted by atomic mass is 10.2. The Morgan fingerprint density at radius 1 is 1.16 bits per heavy atom. The van der Waals surface area contributed by atoms with Crippen LogP contribution in [0.15, 0.2) is 66.4 Å². The Hall–Kier alpha value is -3.26. The molecule has 0 heterocycles. The summed E-state index contributed by atoms with van der Waals surface area (Å²) in [5.74, 6) is 0.957. The van der Waals surface area contributed by atoms with E-state index in [1.807, 2.05) is 50.2 Å². The molecule has 2 aromatic carbocycles. The van der Waals surface area contributed by atoms with Crippen LogP contribution in [0.5, 0.6) is 11.5 Å². The molecule has 0 bridgehead atoms. The van der Waals surface area contributed by atoms with Crippen molar-refractivity contribution < 1.29 is 9.53 Å². The number of carbonyl (C=O) groups excluding carboxylic acids is 1. The Morgan fingerprint density at radius 2 is 1.80 bits per heavy atom. The molecule has 0 aromatic heterocycles. The smallest absolute Gasteiger partial charge is 0.267 e. The molecule has 5 nitrogen and oxygen atoms in total. The number of para-hydroxylation sites is 1. The fraction of sp³-hybridized carbons (Fsp3) is 0.200. The predicted octanol–water partition coefficient (Wildman–Crippen LogP) is 4.21. The molecular weight excluding hydrogens is 314 g/mol. The van der Waals surface area contributed by atoms with Crippen LogP contribution in [0, 0.1) is 11.3 Å². The van der Waals surface area contributed by atoms with Crippen LogP contribution in [0.4, 0.5) is 5.69 Å². The van der Waals surface area contributed by atoms with E-state index in [4.69, 9.17) is 10.00 Å². The maximum atomic E-state index is 12.1. The fourth-order valence-electron chi connectivity index (χ4n) is 1.92. The van der Waals surface area contributed by atoms with Gasteiger partial charge in [0.2, 0.25) is 0 Å². The highest BCUT2D eigenvalue weighted by atomic mass is 16.5. The van der Waals surface area contributed by atoms with Gasteiger partial charge in [-0.05, 0) is 49.7 Å². The van der Waals surface area contributed by atoms with Gasteiger partial charge in [-0.2, -0.15) is 5.26 Å². The van der Waals surface area contributed by atoms with Gasteiger partial charge in [-0.15, -0.1) is 0 Å². The van der Waals surface area contributed by atoms with E-state index in [0.29, 0.717) is 11.4 Å². The van der Waals surface area contributed by atoms with Crippen LogP contribution >= 0.6 is 0 Å². The SMILES string of the molecule is CCC(C)N/C=C(/C#N)C(=O)Nc1ccc(Oc2ccccc2)cc1. The molecule has 0 saturated carbocycles. The first-order chi connectivity index (χ1) is 12.1. The van der Waals surface area contributed by atoms with Crippen LogP contribution in [0.2, 0.25) is 0 Å². The standard InChI is InChI=1S/C20H21N3O2/c1-3-15(2)22-14-16(13-21)20(24)23-17-9-11-19(12-10-17)25-18-7-5-4-6-8-18/h4-12,14-15,22H,3H2,1-2H3,(H,23,24)/b16-14-. The average Bonchev–Trinajstić information content (AvgIpc) is 2.64. The molecule has 1 atom stereocenters. The summed E-state index contributed by atoms with van der Waals surface area (Å²) in [5, 5.41) is 14.9. The number of rotatable bonds is 7. The first kappa shape index (κ1) is 18.1. The van der Waals surface area contributed by atoms with Gasteiger partial charge in [0.15, 0.2) is 0 Å². The first-order valence-corrected chi connectivity index (χ1v) is 8.13. The van der Waals surface area contributed by atoms with Gasteiger partial charge in [-0.25, -0.2) is 0 Å². The zero-order valence-electron chi connectivity index (χ0n) is 14.3. The Morgan fingerprint density at radius 3 is 2.40 bits per heavy atom.